The zero-order chi connectivity index (χ0) is 16.1. The summed E-state index contributed by atoms with van der Waals surface area (Å²) >= 11 is 0. The predicted octanol–water partition coefficient (Wildman–Crippen LogP) is 3.41. The molecule has 0 bridgehead atoms. The summed E-state index contributed by atoms with van der Waals surface area (Å²) in [5.74, 6) is 1.51. The minimum Gasteiger partial charge on any atom is -0.491 e. The standard InChI is InChI=1S/C16H19N3O3/c1-12(2)22-15-6-4-5-13(9-15)11-18(3)16-8-7-14(10-17-16)19(20)21/h4-10,12H,11H2,1-3H3. The molecule has 0 aliphatic rings. The van der Waals surface area contributed by atoms with Gasteiger partial charge in [-0.1, -0.05) is 12.1 Å². The Morgan fingerprint density at radius 2 is 2.09 bits per heavy atom. The molecule has 6 nitrogen and oxygen atoms in total. The van der Waals surface area contributed by atoms with Crippen LogP contribution in [0.5, 0.6) is 5.75 Å². The molecule has 1 heterocycles. The van der Waals surface area contributed by atoms with Crippen molar-refractivity contribution in [3.8, 4) is 5.75 Å². The van der Waals surface area contributed by atoms with Crippen molar-refractivity contribution >= 4 is 11.5 Å². The molecule has 0 saturated heterocycles. The molecule has 0 unspecified atom stereocenters. The molecule has 1 aromatic carbocycles. The maximum Gasteiger partial charge on any atom is 0.287 e. The van der Waals surface area contributed by atoms with Crippen molar-refractivity contribution < 1.29 is 9.66 Å². The van der Waals surface area contributed by atoms with Crippen molar-refractivity contribution in [3.63, 3.8) is 0 Å². The van der Waals surface area contributed by atoms with Crippen LogP contribution < -0.4 is 9.64 Å². The van der Waals surface area contributed by atoms with E-state index in [0.717, 1.165) is 11.3 Å². The number of rotatable bonds is 6. The van der Waals surface area contributed by atoms with E-state index < -0.39 is 4.92 Å². The van der Waals surface area contributed by atoms with Gasteiger partial charge in [0.2, 0.25) is 0 Å². The molecule has 1 aromatic heterocycles. The van der Waals surface area contributed by atoms with Crippen LogP contribution in [-0.2, 0) is 6.54 Å². The van der Waals surface area contributed by atoms with Crippen molar-refractivity contribution in [1.82, 2.24) is 4.98 Å². The number of hydrogen-bond donors (Lipinski definition) is 0. The topological polar surface area (TPSA) is 68.5 Å². The van der Waals surface area contributed by atoms with E-state index in [9.17, 15) is 10.1 Å². The quantitative estimate of drug-likeness (QED) is 0.604. The summed E-state index contributed by atoms with van der Waals surface area (Å²) in [6, 6.07) is 11.0. The van der Waals surface area contributed by atoms with Crippen LogP contribution in [0.1, 0.15) is 19.4 Å². The Labute approximate surface area is 129 Å². The van der Waals surface area contributed by atoms with Gasteiger partial charge in [0.05, 0.1) is 11.0 Å². The Morgan fingerprint density at radius 1 is 1.32 bits per heavy atom. The first-order chi connectivity index (χ1) is 10.5. The van der Waals surface area contributed by atoms with Gasteiger partial charge in [0.25, 0.3) is 5.69 Å². The minimum atomic E-state index is -0.455. The van der Waals surface area contributed by atoms with Crippen LogP contribution in [0.15, 0.2) is 42.6 Å². The predicted molar refractivity (Wildman–Crippen MR) is 85.2 cm³/mol. The lowest BCUT2D eigenvalue weighted by atomic mass is 10.2. The van der Waals surface area contributed by atoms with E-state index in [1.807, 2.05) is 50.1 Å². The van der Waals surface area contributed by atoms with Crippen LogP contribution in [0.3, 0.4) is 0 Å². The van der Waals surface area contributed by atoms with Crippen molar-refractivity contribution in [2.45, 2.75) is 26.5 Å². The molecule has 0 saturated carbocycles. The Hall–Kier alpha value is -2.63. The molecule has 0 radical (unpaired) electrons. The lowest BCUT2D eigenvalue weighted by Gasteiger charge is -2.18. The van der Waals surface area contributed by atoms with Gasteiger partial charge in [0, 0.05) is 19.7 Å². The highest BCUT2D eigenvalue weighted by molar-refractivity contribution is 5.43. The van der Waals surface area contributed by atoms with Crippen LogP contribution in [0.2, 0.25) is 0 Å². The van der Waals surface area contributed by atoms with E-state index in [4.69, 9.17) is 4.74 Å². The third-order valence-corrected chi connectivity index (χ3v) is 3.02. The average molecular weight is 301 g/mol. The molecule has 0 fully saturated rings. The molecule has 2 aromatic rings. The van der Waals surface area contributed by atoms with Gasteiger partial charge < -0.3 is 9.64 Å². The van der Waals surface area contributed by atoms with Crippen molar-refractivity contribution in [1.29, 1.82) is 0 Å². The molecule has 6 heteroatoms. The zero-order valence-corrected chi connectivity index (χ0v) is 12.9. The summed E-state index contributed by atoms with van der Waals surface area (Å²) in [4.78, 5) is 16.2. The second-order valence-electron chi connectivity index (χ2n) is 5.30. The fraction of sp³-hybridized carbons (Fsp3) is 0.312. The Morgan fingerprint density at radius 3 is 2.68 bits per heavy atom. The molecule has 2 rings (SSSR count). The number of ether oxygens (including phenoxy) is 1. The molecule has 0 amide bonds. The summed E-state index contributed by atoms with van der Waals surface area (Å²) < 4.78 is 5.68. The maximum atomic E-state index is 10.6. The summed E-state index contributed by atoms with van der Waals surface area (Å²) in [6.07, 6.45) is 1.40. The zero-order valence-electron chi connectivity index (χ0n) is 12.9. The number of nitro groups is 1. The summed E-state index contributed by atoms with van der Waals surface area (Å²) in [7, 11) is 1.89. The van der Waals surface area contributed by atoms with Gasteiger partial charge in [0.1, 0.15) is 17.8 Å². The minimum absolute atomic E-state index is 0.00974. The number of pyridine rings is 1. The van der Waals surface area contributed by atoms with Crippen LogP contribution in [0.25, 0.3) is 0 Å². The normalized spacial score (nSPS) is 10.5. The number of aromatic nitrogens is 1. The third-order valence-electron chi connectivity index (χ3n) is 3.02. The average Bonchev–Trinajstić information content (AvgIpc) is 2.47. The van der Waals surface area contributed by atoms with Crippen molar-refractivity contribution in [2.75, 3.05) is 11.9 Å². The SMILES string of the molecule is CC(C)Oc1cccc(CN(C)c2ccc([N+](=O)[O-])cn2)c1. The van der Waals surface area contributed by atoms with Gasteiger partial charge in [-0.25, -0.2) is 4.98 Å². The summed E-state index contributed by atoms with van der Waals surface area (Å²) in [5.41, 5.74) is 1.07. The van der Waals surface area contributed by atoms with Crippen LogP contribution in [-0.4, -0.2) is 23.1 Å². The lowest BCUT2D eigenvalue weighted by Crippen LogP contribution is -2.17. The number of hydrogen-bond acceptors (Lipinski definition) is 5. The van der Waals surface area contributed by atoms with Gasteiger partial charge in [-0.05, 0) is 37.6 Å². The van der Waals surface area contributed by atoms with E-state index >= 15 is 0 Å². The molecule has 0 aliphatic carbocycles. The van der Waals surface area contributed by atoms with E-state index in [1.54, 1.807) is 6.07 Å². The van der Waals surface area contributed by atoms with Gasteiger partial charge in [0.15, 0.2) is 0 Å². The molecule has 0 atom stereocenters. The lowest BCUT2D eigenvalue weighted by molar-refractivity contribution is -0.385. The molecule has 22 heavy (non-hydrogen) atoms. The van der Waals surface area contributed by atoms with Gasteiger partial charge in [-0.2, -0.15) is 0 Å². The smallest absolute Gasteiger partial charge is 0.287 e. The van der Waals surface area contributed by atoms with Crippen LogP contribution >= 0.6 is 0 Å². The van der Waals surface area contributed by atoms with Gasteiger partial charge in [-0.15, -0.1) is 0 Å². The highest BCUT2D eigenvalue weighted by atomic mass is 16.6. The van der Waals surface area contributed by atoms with Crippen molar-refractivity contribution in [3.05, 3.63) is 58.3 Å². The Kier molecular flexibility index (Phi) is 4.93. The molecule has 0 aliphatic heterocycles. The molecule has 116 valence electrons. The Balaban J connectivity index is 2.07. The second-order valence-corrected chi connectivity index (χ2v) is 5.30. The highest BCUT2D eigenvalue weighted by Gasteiger charge is 2.09. The highest BCUT2D eigenvalue weighted by Crippen LogP contribution is 2.19. The first-order valence-corrected chi connectivity index (χ1v) is 7.03. The number of nitrogens with zero attached hydrogens (tertiary/aromatic N) is 3. The fourth-order valence-electron chi connectivity index (χ4n) is 2.06. The fourth-order valence-corrected chi connectivity index (χ4v) is 2.06. The monoisotopic (exact) mass is 301 g/mol. The van der Waals surface area contributed by atoms with Gasteiger partial charge >= 0.3 is 0 Å². The van der Waals surface area contributed by atoms with Crippen molar-refractivity contribution in [2.24, 2.45) is 0 Å². The largest absolute Gasteiger partial charge is 0.491 e. The molecular weight excluding hydrogens is 282 g/mol. The van der Waals surface area contributed by atoms with Gasteiger partial charge in [-0.3, -0.25) is 10.1 Å². The Bertz CT molecular complexity index is 641. The summed E-state index contributed by atoms with van der Waals surface area (Å²) in [6.45, 7) is 4.61. The maximum absolute atomic E-state index is 10.6. The van der Waals surface area contributed by atoms with Crippen LogP contribution in [0.4, 0.5) is 11.5 Å². The first-order valence-electron chi connectivity index (χ1n) is 7.03. The van der Waals surface area contributed by atoms with E-state index in [-0.39, 0.29) is 11.8 Å². The number of anilines is 1. The second kappa shape index (κ2) is 6.89. The van der Waals surface area contributed by atoms with Crippen LogP contribution in [0, 0.1) is 10.1 Å². The summed E-state index contributed by atoms with van der Waals surface area (Å²) in [5, 5.41) is 10.6. The number of benzene rings is 1. The molecular formula is C16H19N3O3. The first kappa shape index (κ1) is 15.8. The molecule has 0 spiro atoms. The van der Waals surface area contributed by atoms with E-state index in [0.29, 0.717) is 12.4 Å². The van der Waals surface area contributed by atoms with E-state index in [1.165, 1.54) is 12.3 Å². The third kappa shape index (κ3) is 4.18. The molecule has 0 N–H and O–H groups in total. The van der Waals surface area contributed by atoms with E-state index in [2.05, 4.69) is 4.98 Å².